The number of halogens is 1. The van der Waals surface area contributed by atoms with Crippen LogP contribution >= 0.6 is 11.6 Å². The molecule has 2 aromatic carbocycles. The van der Waals surface area contributed by atoms with E-state index in [-0.39, 0.29) is 5.91 Å². The number of amides is 1. The minimum atomic E-state index is -1.27. The van der Waals surface area contributed by atoms with Gasteiger partial charge in [0, 0.05) is 26.2 Å². The van der Waals surface area contributed by atoms with Crippen LogP contribution in [-0.2, 0) is 16.0 Å². The van der Waals surface area contributed by atoms with Gasteiger partial charge in [0.15, 0.2) is 5.60 Å². The Bertz CT molecular complexity index is 850. The van der Waals surface area contributed by atoms with Crippen LogP contribution in [0.1, 0.15) is 22.8 Å². The predicted molar refractivity (Wildman–Crippen MR) is 98.4 cm³/mol. The van der Waals surface area contributed by atoms with E-state index in [1.165, 1.54) is 0 Å². The van der Waals surface area contributed by atoms with Crippen LogP contribution in [0.3, 0.4) is 0 Å². The molecule has 0 fully saturated rings. The molecule has 0 aliphatic carbocycles. The van der Waals surface area contributed by atoms with E-state index in [1.54, 1.807) is 31.2 Å². The second-order valence-corrected chi connectivity index (χ2v) is 6.88. The zero-order valence-corrected chi connectivity index (χ0v) is 15.1. The highest BCUT2D eigenvalue weighted by molar-refractivity contribution is 6.33. The van der Waals surface area contributed by atoms with Crippen molar-refractivity contribution < 1.29 is 14.3 Å². The molecule has 1 atom stereocenters. The zero-order chi connectivity index (χ0) is 18.2. The van der Waals surface area contributed by atoms with Crippen LogP contribution in [0.15, 0.2) is 42.5 Å². The van der Waals surface area contributed by atoms with Crippen molar-refractivity contribution in [1.82, 2.24) is 0 Å². The lowest BCUT2D eigenvalue weighted by Gasteiger charge is -2.33. The number of ether oxygens (including phenoxy) is 1. The highest BCUT2D eigenvalue weighted by atomic mass is 35.5. The summed E-state index contributed by atoms with van der Waals surface area (Å²) in [6.45, 7) is 1.62. The van der Waals surface area contributed by atoms with Crippen LogP contribution in [0.25, 0.3) is 0 Å². The first kappa shape index (κ1) is 17.3. The first-order valence-corrected chi connectivity index (χ1v) is 8.27. The van der Waals surface area contributed by atoms with E-state index in [9.17, 15) is 9.59 Å². The van der Waals surface area contributed by atoms with Crippen molar-refractivity contribution in [3.8, 4) is 0 Å². The summed E-state index contributed by atoms with van der Waals surface area (Å²) in [6, 6.07) is 12.4. The van der Waals surface area contributed by atoms with E-state index in [2.05, 4.69) is 5.32 Å². The first-order chi connectivity index (χ1) is 11.8. The number of carbonyl (C=O) groups is 2. The van der Waals surface area contributed by atoms with Crippen molar-refractivity contribution in [3.05, 3.63) is 58.6 Å². The lowest BCUT2D eigenvalue weighted by molar-refractivity contribution is -0.134. The third-order valence-electron chi connectivity index (χ3n) is 4.25. The lowest BCUT2D eigenvalue weighted by Crippen LogP contribution is -2.48. The van der Waals surface area contributed by atoms with Gasteiger partial charge in [-0.3, -0.25) is 4.79 Å². The molecule has 5 nitrogen and oxygen atoms in total. The molecule has 2 aromatic rings. The van der Waals surface area contributed by atoms with Gasteiger partial charge in [0.2, 0.25) is 0 Å². The highest BCUT2D eigenvalue weighted by Crippen LogP contribution is 2.31. The van der Waals surface area contributed by atoms with E-state index >= 15 is 0 Å². The van der Waals surface area contributed by atoms with Gasteiger partial charge in [-0.25, -0.2) is 4.79 Å². The summed E-state index contributed by atoms with van der Waals surface area (Å²) in [4.78, 5) is 26.8. The molecule has 130 valence electrons. The summed E-state index contributed by atoms with van der Waals surface area (Å²) in [5, 5.41) is 3.32. The van der Waals surface area contributed by atoms with Crippen LogP contribution in [0, 0.1) is 0 Å². The molecule has 25 heavy (non-hydrogen) atoms. The number of rotatable bonds is 3. The van der Waals surface area contributed by atoms with Crippen LogP contribution < -0.4 is 10.2 Å². The molecule has 0 spiro atoms. The molecule has 0 aromatic heterocycles. The number of esters is 1. The molecule has 0 saturated heterocycles. The number of hydrogen-bond acceptors (Lipinski definition) is 4. The third-order valence-corrected chi connectivity index (χ3v) is 4.55. The fraction of sp³-hybridized carbons (Fsp3) is 0.263. The number of benzene rings is 2. The Kier molecular flexibility index (Phi) is 4.43. The van der Waals surface area contributed by atoms with Gasteiger partial charge in [0.05, 0.1) is 16.3 Å². The molecule has 1 N–H and O–H groups in total. The minimum absolute atomic E-state index is 0.324. The van der Waals surface area contributed by atoms with Gasteiger partial charge < -0.3 is 15.0 Å². The van der Waals surface area contributed by atoms with Crippen LogP contribution in [0.5, 0.6) is 0 Å². The highest BCUT2D eigenvalue weighted by Gasteiger charge is 2.42. The second-order valence-electron chi connectivity index (χ2n) is 6.47. The quantitative estimate of drug-likeness (QED) is 0.853. The number of nitrogens with one attached hydrogen (secondary N) is 1. The van der Waals surface area contributed by atoms with Gasteiger partial charge in [-0.15, -0.1) is 0 Å². The Morgan fingerprint density at radius 3 is 2.64 bits per heavy atom. The molecular weight excluding hydrogens is 340 g/mol. The van der Waals surface area contributed by atoms with Crippen molar-refractivity contribution in [3.63, 3.8) is 0 Å². The van der Waals surface area contributed by atoms with Crippen LogP contribution in [0.4, 0.5) is 11.4 Å². The first-order valence-electron chi connectivity index (χ1n) is 7.90. The van der Waals surface area contributed by atoms with Crippen LogP contribution in [0.2, 0.25) is 5.02 Å². The Morgan fingerprint density at radius 2 is 1.96 bits per heavy atom. The number of cyclic esters (lactones) is 1. The maximum Gasteiger partial charge on any atom is 0.339 e. The summed E-state index contributed by atoms with van der Waals surface area (Å²) in [5.74, 6) is -0.871. The lowest BCUT2D eigenvalue weighted by atomic mass is 9.89. The van der Waals surface area contributed by atoms with Crippen molar-refractivity contribution in [1.29, 1.82) is 0 Å². The molecule has 1 unspecified atom stereocenters. The maximum atomic E-state index is 12.7. The summed E-state index contributed by atoms with van der Waals surface area (Å²) in [5.41, 5.74) is 1.45. The molecule has 0 radical (unpaired) electrons. The number of nitrogens with zero attached hydrogens (tertiary/aromatic N) is 1. The monoisotopic (exact) mass is 358 g/mol. The van der Waals surface area contributed by atoms with E-state index in [0.717, 1.165) is 11.3 Å². The third kappa shape index (κ3) is 3.33. The molecular formula is C19H19ClN2O3. The number of fused-ring (bicyclic) bond motifs is 1. The molecule has 0 saturated carbocycles. The normalized spacial score (nSPS) is 19.0. The van der Waals surface area contributed by atoms with Gasteiger partial charge in [-0.1, -0.05) is 29.8 Å². The minimum Gasteiger partial charge on any atom is -0.445 e. The van der Waals surface area contributed by atoms with Crippen molar-refractivity contribution in [2.24, 2.45) is 0 Å². The van der Waals surface area contributed by atoms with E-state index < -0.39 is 11.6 Å². The summed E-state index contributed by atoms with van der Waals surface area (Å²) in [6.07, 6.45) is 0.324. The van der Waals surface area contributed by atoms with Gasteiger partial charge in [0.1, 0.15) is 0 Å². The maximum absolute atomic E-state index is 12.7. The summed E-state index contributed by atoms with van der Waals surface area (Å²) >= 11 is 6.24. The average molecular weight is 359 g/mol. The van der Waals surface area contributed by atoms with Crippen LogP contribution in [-0.4, -0.2) is 31.6 Å². The molecule has 1 amide bonds. The number of carbonyl (C=O) groups excluding carboxylic acids is 2. The van der Waals surface area contributed by atoms with E-state index in [0.29, 0.717) is 22.7 Å². The molecule has 1 aliphatic rings. The average Bonchev–Trinajstić information content (AvgIpc) is 2.54. The summed E-state index contributed by atoms with van der Waals surface area (Å²) in [7, 11) is 3.78. The Labute approximate surface area is 151 Å². The Morgan fingerprint density at radius 1 is 1.24 bits per heavy atom. The number of hydrogen-bond donors (Lipinski definition) is 1. The predicted octanol–water partition coefficient (Wildman–Crippen LogP) is 3.52. The SMILES string of the molecule is CN(C)c1ccc(NC(=O)C2(C)Cc3ccccc3C(=O)O2)cc1Cl. The molecule has 0 bridgehead atoms. The molecule has 3 rings (SSSR count). The smallest absolute Gasteiger partial charge is 0.339 e. The van der Waals surface area contributed by atoms with E-state index in [4.69, 9.17) is 16.3 Å². The van der Waals surface area contributed by atoms with Gasteiger partial charge in [-0.05, 0) is 36.8 Å². The van der Waals surface area contributed by atoms with Crippen molar-refractivity contribution >= 4 is 34.9 Å². The molecule has 6 heteroatoms. The Balaban J connectivity index is 1.82. The Hall–Kier alpha value is -2.53. The molecule has 1 heterocycles. The van der Waals surface area contributed by atoms with Crippen molar-refractivity contribution in [2.45, 2.75) is 18.9 Å². The standard InChI is InChI=1S/C19H19ClN2O3/c1-19(11-12-6-4-5-7-14(12)17(23)25-19)18(24)21-13-8-9-16(22(2)3)15(20)10-13/h4-10H,11H2,1-3H3,(H,21,24). The largest absolute Gasteiger partial charge is 0.445 e. The van der Waals surface area contributed by atoms with Gasteiger partial charge in [-0.2, -0.15) is 0 Å². The van der Waals surface area contributed by atoms with Gasteiger partial charge >= 0.3 is 5.97 Å². The summed E-state index contributed by atoms with van der Waals surface area (Å²) < 4.78 is 5.43. The number of anilines is 2. The zero-order valence-electron chi connectivity index (χ0n) is 14.3. The fourth-order valence-corrected chi connectivity index (χ4v) is 3.22. The molecule has 1 aliphatic heterocycles. The van der Waals surface area contributed by atoms with E-state index in [1.807, 2.05) is 37.2 Å². The van der Waals surface area contributed by atoms with Gasteiger partial charge in [0.25, 0.3) is 5.91 Å². The topological polar surface area (TPSA) is 58.6 Å². The van der Waals surface area contributed by atoms with Crippen molar-refractivity contribution in [2.75, 3.05) is 24.3 Å². The second kappa shape index (κ2) is 6.41. The fourth-order valence-electron chi connectivity index (χ4n) is 2.87.